The zero-order valence-electron chi connectivity index (χ0n) is 10.6. The number of rotatable bonds is 4. The quantitative estimate of drug-likeness (QED) is 0.900. The first-order chi connectivity index (χ1) is 9.13. The van der Waals surface area contributed by atoms with Crippen molar-refractivity contribution >= 4 is 28.9 Å². The van der Waals surface area contributed by atoms with E-state index in [4.69, 9.17) is 26.8 Å². The van der Waals surface area contributed by atoms with Crippen molar-refractivity contribution in [1.82, 2.24) is 4.98 Å². The number of hydrogen-bond acceptors (Lipinski definition) is 5. The minimum absolute atomic E-state index is 0.434. The molecule has 0 amide bonds. The first-order valence-corrected chi connectivity index (χ1v) is 5.93. The maximum atomic E-state index is 6.09. The summed E-state index contributed by atoms with van der Waals surface area (Å²) in [6.07, 6.45) is 0. The van der Waals surface area contributed by atoms with Crippen molar-refractivity contribution in [2.75, 3.05) is 25.3 Å². The van der Waals surface area contributed by atoms with Crippen LogP contribution in [0.2, 0.25) is 5.02 Å². The van der Waals surface area contributed by atoms with E-state index in [9.17, 15) is 0 Å². The van der Waals surface area contributed by atoms with Crippen LogP contribution < -0.4 is 20.5 Å². The van der Waals surface area contributed by atoms with Crippen LogP contribution in [0.15, 0.2) is 30.3 Å². The van der Waals surface area contributed by atoms with Crippen molar-refractivity contribution in [3.05, 3.63) is 35.4 Å². The van der Waals surface area contributed by atoms with Crippen molar-refractivity contribution < 1.29 is 9.47 Å². The molecule has 19 heavy (non-hydrogen) atoms. The van der Waals surface area contributed by atoms with Gasteiger partial charge in [-0.15, -0.1) is 0 Å². The molecule has 2 aromatic rings. The maximum absolute atomic E-state index is 6.09. The van der Waals surface area contributed by atoms with Crippen molar-refractivity contribution in [1.29, 1.82) is 0 Å². The Labute approximate surface area is 116 Å². The third-order valence-corrected chi connectivity index (χ3v) is 2.80. The number of nitrogens with one attached hydrogen (secondary N) is 1. The van der Waals surface area contributed by atoms with Gasteiger partial charge < -0.3 is 20.5 Å². The molecule has 1 aromatic carbocycles. The lowest BCUT2D eigenvalue weighted by Gasteiger charge is -2.13. The molecule has 0 radical (unpaired) electrons. The molecule has 0 aliphatic heterocycles. The molecule has 2 rings (SSSR count). The first-order valence-electron chi connectivity index (χ1n) is 5.55. The van der Waals surface area contributed by atoms with Gasteiger partial charge in [0.1, 0.15) is 23.1 Å². The highest BCUT2D eigenvalue weighted by Crippen LogP contribution is 2.37. The highest BCUT2D eigenvalue weighted by atomic mass is 35.5. The molecule has 0 aliphatic rings. The average Bonchev–Trinajstić information content (AvgIpc) is 2.39. The van der Waals surface area contributed by atoms with Gasteiger partial charge in [-0.05, 0) is 18.2 Å². The molecule has 1 aromatic heterocycles. The number of anilines is 3. The Morgan fingerprint density at radius 1 is 1.16 bits per heavy atom. The van der Waals surface area contributed by atoms with Crippen LogP contribution in [0.25, 0.3) is 0 Å². The van der Waals surface area contributed by atoms with Gasteiger partial charge in [0.15, 0.2) is 0 Å². The Hall–Kier alpha value is -2.14. The molecule has 0 aliphatic carbocycles. The van der Waals surface area contributed by atoms with Crippen molar-refractivity contribution in [3.63, 3.8) is 0 Å². The highest BCUT2D eigenvalue weighted by Gasteiger charge is 2.10. The fraction of sp³-hybridized carbons (Fsp3) is 0.154. The summed E-state index contributed by atoms with van der Waals surface area (Å²) in [6.45, 7) is 0. The molecular weight excluding hydrogens is 266 g/mol. The first kappa shape index (κ1) is 13.3. The summed E-state index contributed by atoms with van der Waals surface area (Å²) in [5.74, 6) is 2.19. The molecule has 100 valence electrons. The van der Waals surface area contributed by atoms with Crippen LogP contribution in [0.5, 0.6) is 11.5 Å². The Bertz CT molecular complexity index is 590. The van der Waals surface area contributed by atoms with Crippen LogP contribution in [0, 0.1) is 0 Å². The third-order valence-electron chi connectivity index (χ3n) is 2.51. The molecule has 1 heterocycles. The van der Waals surface area contributed by atoms with E-state index in [0.717, 1.165) is 0 Å². The van der Waals surface area contributed by atoms with Crippen LogP contribution in [0.3, 0.4) is 0 Å². The zero-order valence-corrected chi connectivity index (χ0v) is 11.4. The van der Waals surface area contributed by atoms with Crippen LogP contribution in [0.4, 0.5) is 17.3 Å². The lowest BCUT2D eigenvalue weighted by atomic mass is 10.2. The normalized spacial score (nSPS) is 10.1. The summed E-state index contributed by atoms with van der Waals surface area (Å²) in [4.78, 5) is 4.15. The van der Waals surface area contributed by atoms with E-state index in [1.807, 2.05) is 6.07 Å². The molecular formula is C13H14ClN3O2. The number of benzene rings is 1. The Morgan fingerprint density at radius 3 is 2.53 bits per heavy atom. The van der Waals surface area contributed by atoms with Crippen molar-refractivity contribution in [3.8, 4) is 11.5 Å². The van der Waals surface area contributed by atoms with Crippen LogP contribution in [0.1, 0.15) is 0 Å². The largest absolute Gasteiger partial charge is 0.495 e. The predicted octanol–water partition coefficient (Wildman–Crippen LogP) is 3.08. The molecule has 0 spiro atoms. The van der Waals surface area contributed by atoms with E-state index >= 15 is 0 Å². The van der Waals surface area contributed by atoms with Crippen LogP contribution in [-0.2, 0) is 0 Å². The molecule has 5 nitrogen and oxygen atoms in total. The summed E-state index contributed by atoms with van der Waals surface area (Å²) >= 11 is 6.09. The van der Waals surface area contributed by atoms with Crippen molar-refractivity contribution in [2.24, 2.45) is 0 Å². The van der Waals surface area contributed by atoms with Gasteiger partial charge in [0, 0.05) is 6.07 Å². The number of hydrogen-bond donors (Lipinski definition) is 2. The van der Waals surface area contributed by atoms with Crippen molar-refractivity contribution in [2.45, 2.75) is 0 Å². The molecule has 6 heteroatoms. The second kappa shape index (κ2) is 5.67. The fourth-order valence-electron chi connectivity index (χ4n) is 1.62. The molecule has 0 saturated heterocycles. The van der Waals surface area contributed by atoms with Gasteiger partial charge in [-0.25, -0.2) is 4.98 Å². The summed E-state index contributed by atoms with van der Waals surface area (Å²) in [5, 5.41) is 3.58. The standard InChI is InChI=1S/C13H14ClN3O2/c1-18-10-7-11(19-2)9(6-8(10)14)16-13-5-3-4-12(15)17-13/h3-7H,1-2H3,(H3,15,16,17). The number of aromatic nitrogens is 1. The second-order valence-electron chi connectivity index (χ2n) is 3.76. The van der Waals surface area contributed by atoms with E-state index in [1.54, 1.807) is 38.5 Å². The molecule has 0 bridgehead atoms. The van der Waals surface area contributed by atoms with E-state index in [-0.39, 0.29) is 0 Å². The van der Waals surface area contributed by atoms with Gasteiger partial charge in [-0.1, -0.05) is 17.7 Å². The number of methoxy groups -OCH3 is 2. The smallest absolute Gasteiger partial charge is 0.146 e. The number of nitrogen functional groups attached to an aromatic ring is 1. The number of pyridine rings is 1. The van der Waals surface area contributed by atoms with E-state index in [0.29, 0.717) is 33.8 Å². The van der Waals surface area contributed by atoms with E-state index in [1.165, 1.54) is 0 Å². The van der Waals surface area contributed by atoms with Crippen LogP contribution >= 0.6 is 11.6 Å². The number of ether oxygens (including phenoxy) is 2. The van der Waals surface area contributed by atoms with Gasteiger partial charge in [-0.3, -0.25) is 0 Å². The molecule has 0 atom stereocenters. The van der Waals surface area contributed by atoms with Gasteiger partial charge in [0.05, 0.1) is 24.9 Å². The fourth-order valence-corrected chi connectivity index (χ4v) is 1.86. The SMILES string of the molecule is COc1cc(OC)c(Nc2cccc(N)n2)cc1Cl. The number of nitrogens with zero attached hydrogens (tertiary/aromatic N) is 1. The molecule has 0 unspecified atom stereocenters. The third kappa shape index (κ3) is 3.00. The lowest BCUT2D eigenvalue weighted by molar-refractivity contribution is 0.396. The predicted molar refractivity (Wildman–Crippen MR) is 76.5 cm³/mol. The molecule has 0 fully saturated rings. The summed E-state index contributed by atoms with van der Waals surface area (Å²) in [6, 6.07) is 8.74. The Morgan fingerprint density at radius 2 is 1.89 bits per heavy atom. The van der Waals surface area contributed by atoms with E-state index < -0.39 is 0 Å². The minimum Gasteiger partial charge on any atom is -0.495 e. The molecule has 0 saturated carbocycles. The summed E-state index contributed by atoms with van der Waals surface area (Å²) < 4.78 is 10.4. The van der Waals surface area contributed by atoms with Gasteiger partial charge in [0.25, 0.3) is 0 Å². The minimum atomic E-state index is 0.434. The summed E-state index contributed by atoms with van der Waals surface area (Å²) in [5.41, 5.74) is 6.32. The van der Waals surface area contributed by atoms with Crippen LogP contribution in [-0.4, -0.2) is 19.2 Å². The van der Waals surface area contributed by atoms with Gasteiger partial charge >= 0.3 is 0 Å². The van der Waals surface area contributed by atoms with Gasteiger partial charge in [0.2, 0.25) is 0 Å². The average molecular weight is 280 g/mol. The second-order valence-corrected chi connectivity index (χ2v) is 4.17. The van der Waals surface area contributed by atoms with Gasteiger partial charge in [-0.2, -0.15) is 0 Å². The zero-order chi connectivity index (χ0) is 13.8. The number of nitrogens with two attached hydrogens (primary N) is 1. The summed E-state index contributed by atoms with van der Waals surface area (Å²) in [7, 11) is 3.12. The number of halogens is 1. The Kier molecular flexibility index (Phi) is 3.97. The topological polar surface area (TPSA) is 69.4 Å². The highest BCUT2D eigenvalue weighted by molar-refractivity contribution is 6.32. The lowest BCUT2D eigenvalue weighted by Crippen LogP contribution is -1.99. The van der Waals surface area contributed by atoms with E-state index in [2.05, 4.69) is 10.3 Å². The maximum Gasteiger partial charge on any atom is 0.146 e. The monoisotopic (exact) mass is 279 g/mol. The Balaban J connectivity index is 2.36. The molecule has 3 N–H and O–H groups in total.